The lowest BCUT2D eigenvalue weighted by Gasteiger charge is -2.34. The fourth-order valence-electron chi connectivity index (χ4n) is 3.73. The lowest BCUT2D eigenvalue weighted by molar-refractivity contribution is -0.148. The number of rotatable bonds is 4. The standard InChI is InChI=1S/C19H26BNO3/c1-5-9-19(17(23)24)10-6-11-21(19)16(22)13-7-8-14(15(20)12-13)18(2,3)4/h5,7-8,12H,1,6,9-11,20H2,2-4H3,(H,23,24). The second-order valence-electron chi connectivity index (χ2n) is 7.67. The van der Waals surface area contributed by atoms with Gasteiger partial charge in [-0.15, -0.1) is 6.58 Å². The summed E-state index contributed by atoms with van der Waals surface area (Å²) in [5, 5.41) is 9.72. The molecule has 1 heterocycles. The van der Waals surface area contributed by atoms with Crippen LogP contribution in [0.1, 0.15) is 56.0 Å². The Morgan fingerprint density at radius 3 is 2.58 bits per heavy atom. The first-order valence-electron chi connectivity index (χ1n) is 8.41. The van der Waals surface area contributed by atoms with Crippen LogP contribution in [0.2, 0.25) is 0 Å². The number of hydrogen-bond donors (Lipinski definition) is 1. The van der Waals surface area contributed by atoms with Gasteiger partial charge in [0.05, 0.1) is 0 Å². The van der Waals surface area contributed by atoms with Gasteiger partial charge in [-0.05, 0) is 36.3 Å². The first-order chi connectivity index (χ1) is 11.1. The number of carbonyl (C=O) groups is 2. The maximum absolute atomic E-state index is 13.0. The van der Waals surface area contributed by atoms with E-state index >= 15 is 0 Å². The SMILES string of the molecule is Bc1cc(C(=O)N2CCCC2(CC=C)C(=O)O)ccc1C(C)(C)C. The fourth-order valence-corrected chi connectivity index (χ4v) is 3.73. The zero-order valence-electron chi connectivity index (χ0n) is 15.1. The minimum atomic E-state index is -1.16. The van der Waals surface area contributed by atoms with E-state index in [1.165, 1.54) is 10.5 Å². The van der Waals surface area contributed by atoms with E-state index in [0.29, 0.717) is 24.9 Å². The Bertz CT molecular complexity index is 678. The molecule has 0 aromatic heterocycles. The molecule has 0 bridgehead atoms. The number of amides is 1. The molecule has 4 nitrogen and oxygen atoms in total. The first kappa shape index (κ1) is 18.3. The monoisotopic (exact) mass is 327 g/mol. The Kier molecular flexibility index (Phi) is 4.93. The van der Waals surface area contributed by atoms with Crippen molar-refractivity contribution in [1.82, 2.24) is 4.90 Å². The summed E-state index contributed by atoms with van der Waals surface area (Å²) in [6.07, 6.45) is 3.03. The van der Waals surface area contributed by atoms with Crippen LogP contribution in [0, 0.1) is 0 Å². The number of benzene rings is 1. The van der Waals surface area contributed by atoms with E-state index in [0.717, 1.165) is 5.46 Å². The van der Waals surface area contributed by atoms with Crippen molar-refractivity contribution in [3.63, 3.8) is 0 Å². The highest BCUT2D eigenvalue weighted by Gasteiger charge is 2.49. The Balaban J connectivity index is 2.39. The van der Waals surface area contributed by atoms with E-state index in [1.54, 1.807) is 6.08 Å². The molecular formula is C19H26BNO3. The van der Waals surface area contributed by atoms with Crippen molar-refractivity contribution in [3.05, 3.63) is 42.0 Å². The third-order valence-corrected chi connectivity index (χ3v) is 4.90. The number of nitrogens with zero attached hydrogens (tertiary/aromatic N) is 1. The van der Waals surface area contributed by atoms with Crippen LogP contribution in [-0.4, -0.2) is 41.8 Å². The zero-order valence-corrected chi connectivity index (χ0v) is 15.1. The highest BCUT2D eigenvalue weighted by atomic mass is 16.4. The van der Waals surface area contributed by atoms with Crippen molar-refractivity contribution < 1.29 is 14.7 Å². The van der Waals surface area contributed by atoms with E-state index in [2.05, 4.69) is 27.4 Å². The van der Waals surface area contributed by atoms with Gasteiger partial charge in [-0.3, -0.25) is 4.79 Å². The molecule has 1 fully saturated rings. The van der Waals surface area contributed by atoms with Crippen LogP contribution in [0.3, 0.4) is 0 Å². The van der Waals surface area contributed by atoms with Gasteiger partial charge in [0, 0.05) is 12.1 Å². The Hall–Kier alpha value is -2.04. The summed E-state index contributed by atoms with van der Waals surface area (Å²) in [5.74, 6) is -1.16. The van der Waals surface area contributed by atoms with Gasteiger partial charge in [0.15, 0.2) is 0 Å². The van der Waals surface area contributed by atoms with Crippen molar-refractivity contribution in [1.29, 1.82) is 0 Å². The van der Waals surface area contributed by atoms with E-state index in [4.69, 9.17) is 0 Å². The van der Waals surface area contributed by atoms with Crippen molar-refractivity contribution in [2.75, 3.05) is 6.54 Å². The van der Waals surface area contributed by atoms with Gasteiger partial charge in [-0.25, -0.2) is 4.79 Å². The van der Waals surface area contributed by atoms with E-state index in [1.807, 2.05) is 26.0 Å². The molecule has 1 aliphatic heterocycles. The normalized spacial score (nSPS) is 20.9. The highest BCUT2D eigenvalue weighted by molar-refractivity contribution is 6.34. The summed E-state index contributed by atoms with van der Waals surface area (Å²) in [4.78, 5) is 26.4. The van der Waals surface area contributed by atoms with Crippen LogP contribution in [0.25, 0.3) is 0 Å². The Labute approximate surface area is 145 Å². The van der Waals surface area contributed by atoms with Crippen molar-refractivity contribution in [2.24, 2.45) is 0 Å². The van der Waals surface area contributed by atoms with Crippen molar-refractivity contribution in [3.8, 4) is 0 Å². The first-order valence-corrected chi connectivity index (χ1v) is 8.41. The smallest absolute Gasteiger partial charge is 0.329 e. The van der Waals surface area contributed by atoms with Crippen LogP contribution in [0.5, 0.6) is 0 Å². The molecule has 1 N–H and O–H groups in total. The van der Waals surface area contributed by atoms with Gasteiger partial charge < -0.3 is 10.0 Å². The highest BCUT2D eigenvalue weighted by Crippen LogP contribution is 2.34. The summed E-state index contributed by atoms with van der Waals surface area (Å²) in [5.41, 5.74) is 1.65. The third kappa shape index (κ3) is 3.12. The van der Waals surface area contributed by atoms with E-state index in [-0.39, 0.29) is 17.7 Å². The number of likely N-dealkylation sites (tertiary alicyclic amines) is 1. The summed E-state index contributed by atoms with van der Waals surface area (Å²) >= 11 is 0. The molecule has 1 atom stereocenters. The number of carboxylic acid groups (broad SMARTS) is 1. The lowest BCUT2D eigenvalue weighted by atomic mass is 9.77. The summed E-state index contributed by atoms with van der Waals surface area (Å²) < 4.78 is 0. The molecule has 0 spiro atoms. The molecule has 1 amide bonds. The molecule has 2 rings (SSSR count). The van der Waals surface area contributed by atoms with Crippen molar-refractivity contribution >= 4 is 25.2 Å². The van der Waals surface area contributed by atoms with Crippen LogP contribution in [-0.2, 0) is 10.2 Å². The van der Waals surface area contributed by atoms with E-state index < -0.39 is 11.5 Å². The summed E-state index contributed by atoms with van der Waals surface area (Å²) in [7, 11) is 2.00. The number of carboxylic acids is 1. The van der Waals surface area contributed by atoms with Gasteiger partial charge >= 0.3 is 5.97 Å². The van der Waals surface area contributed by atoms with Crippen molar-refractivity contribution in [2.45, 2.75) is 51.0 Å². The van der Waals surface area contributed by atoms with Gasteiger partial charge in [0.1, 0.15) is 13.4 Å². The Morgan fingerprint density at radius 2 is 2.08 bits per heavy atom. The minimum absolute atomic E-state index is 0.00691. The Morgan fingerprint density at radius 1 is 1.42 bits per heavy atom. The molecule has 1 unspecified atom stereocenters. The molecule has 0 radical (unpaired) electrons. The second-order valence-corrected chi connectivity index (χ2v) is 7.67. The molecule has 1 aromatic rings. The molecular weight excluding hydrogens is 301 g/mol. The van der Waals surface area contributed by atoms with Crippen LogP contribution >= 0.6 is 0 Å². The minimum Gasteiger partial charge on any atom is -0.479 e. The topological polar surface area (TPSA) is 57.6 Å². The molecule has 0 aliphatic carbocycles. The predicted octanol–water partition coefficient (Wildman–Crippen LogP) is 1.88. The summed E-state index contributed by atoms with van der Waals surface area (Å²) in [6, 6.07) is 5.67. The largest absolute Gasteiger partial charge is 0.479 e. The molecule has 1 aliphatic rings. The zero-order chi connectivity index (χ0) is 18.1. The maximum Gasteiger partial charge on any atom is 0.329 e. The van der Waals surface area contributed by atoms with Crippen LogP contribution in [0.15, 0.2) is 30.9 Å². The number of aliphatic carboxylic acids is 1. The molecule has 1 saturated heterocycles. The van der Waals surface area contributed by atoms with Gasteiger partial charge in [0.25, 0.3) is 5.91 Å². The fraction of sp³-hybridized carbons (Fsp3) is 0.474. The van der Waals surface area contributed by atoms with Gasteiger partial charge in [0.2, 0.25) is 0 Å². The quantitative estimate of drug-likeness (QED) is 0.679. The van der Waals surface area contributed by atoms with Gasteiger partial charge in [-0.1, -0.05) is 44.4 Å². The van der Waals surface area contributed by atoms with Crippen LogP contribution in [0.4, 0.5) is 0 Å². The molecule has 5 heteroatoms. The number of hydrogen-bond acceptors (Lipinski definition) is 2. The molecule has 1 aromatic carbocycles. The van der Waals surface area contributed by atoms with E-state index in [9.17, 15) is 14.7 Å². The molecule has 128 valence electrons. The van der Waals surface area contributed by atoms with Crippen LogP contribution < -0.4 is 5.46 Å². The average Bonchev–Trinajstić information content (AvgIpc) is 2.90. The molecule has 0 saturated carbocycles. The van der Waals surface area contributed by atoms with Gasteiger partial charge in [-0.2, -0.15) is 0 Å². The lowest BCUT2D eigenvalue weighted by Crippen LogP contribution is -2.53. The summed E-state index contributed by atoms with van der Waals surface area (Å²) in [6.45, 7) is 10.5. The average molecular weight is 327 g/mol. The second kappa shape index (κ2) is 6.46. The molecule has 24 heavy (non-hydrogen) atoms. The maximum atomic E-state index is 13.0. The predicted molar refractivity (Wildman–Crippen MR) is 98.8 cm³/mol. The number of carbonyl (C=O) groups excluding carboxylic acids is 1. The third-order valence-electron chi connectivity index (χ3n) is 4.90.